The Bertz CT molecular complexity index is 612. The number of aryl methyl sites for hydroxylation is 1. The van der Waals surface area contributed by atoms with Gasteiger partial charge in [-0.3, -0.25) is 4.79 Å². The van der Waals surface area contributed by atoms with Crippen LogP contribution in [0.4, 0.5) is 0 Å². The Morgan fingerprint density at radius 1 is 1.50 bits per heavy atom. The van der Waals surface area contributed by atoms with Crippen LogP contribution in [0.1, 0.15) is 23.2 Å². The fourth-order valence-corrected chi connectivity index (χ4v) is 3.12. The summed E-state index contributed by atoms with van der Waals surface area (Å²) in [6.45, 7) is 0.957. The molecular weight excluding hydrogens is 339 g/mol. The molecule has 1 aliphatic heterocycles. The van der Waals surface area contributed by atoms with Crippen molar-refractivity contribution in [3.05, 3.63) is 33.5 Å². The molecule has 0 spiro atoms. The second-order valence-corrected chi connectivity index (χ2v) is 6.07. The molecule has 0 radical (unpaired) electrons. The Balaban J connectivity index is 2.09. The van der Waals surface area contributed by atoms with Crippen molar-refractivity contribution in [2.24, 2.45) is 7.05 Å². The zero-order valence-corrected chi connectivity index (χ0v) is 12.4. The highest BCUT2D eigenvalue weighted by molar-refractivity contribution is 14.1. The zero-order valence-electron chi connectivity index (χ0n) is 10.2. The van der Waals surface area contributed by atoms with Gasteiger partial charge in [-0.05, 0) is 54.1 Å². The monoisotopic (exact) mass is 354 g/mol. The van der Waals surface area contributed by atoms with E-state index < -0.39 is 0 Å². The van der Waals surface area contributed by atoms with E-state index >= 15 is 0 Å². The number of Topliss-reactive ketones (excluding diaryl/α,β-unsaturated/α-hetero) is 1. The number of hydrogen-bond acceptors (Lipinski definition) is 2. The van der Waals surface area contributed by atoms with Crippen molar-refractivity contribution in [3.63, 3.8) is 0 Å². The molecule has 0 aliphatic carbocycles. The van der Waals surface area contributed by atoms with Gasteiger partial charge in [0.05, 0.1) is 6.04 Å². The van der Waals surface area contributed by atoms with Crippen LogP contribution in [0.15, 0.2) is 24.4 Å². The first-order chi connectivity index (χ1) is 8.66. The summed E-state index contributed by atoms with van der Waals surface area (Å²) in [7, 11) is 2.00. The topological polar surface area (TPSA) is 34.0 Å². The van der Waals surface area contributed by atoms with E-state index in [0.717, 1.165) is 35.9 Å². The molecule has 3 nitrogen and oxygen atoms in total. The Morgan fingerprint density at radius 2 is 2.33 bits per heavy atom. The summed E-state index contributed by atoms with van der Waals surface area (Å²) >= 11 is 2.30. The molecule has 3 rings (SSSR count). The Labute approximate surface area is 120 Å². The van der Waals surface area contributed by atoms with Crippen molar-refractivity contribution in [1.29, 1.82) is 0 Å². The van der Waals surface area contributed by atoms with Gasteiger partial charge < -0.3 is 9.88 Å². The number of ketones is 1. The van der Waals surface area contributed by atoms with Crippen molar-refractivity contribution >= 4 is 39.3 Å². The van der Waals surface area contributed by atoms with Crippen LogP contribution < -0.4 is 5.32 Å². The van der Waals surface area contributed by atoms with Gasteiger partial charge in [0.2, 0.25) is 0 Å². The first-order valence-corrected chi connectivity index (χ1v) is 7.27. The quantitative estimate of drug-likeness (QED) is 0.665. The molecule has 1 fully saturated rings. The standard InChI is InChI=1S/C14H15IN2O/c1-17-8-11(14(18)12-3-2-6-16-12)10-5-4-9(15)7-13(10)17/h4-5,7-8,12,16H,2-3,6H2,1H3. The van der Waals surface area contributed by atoms with Gasteiger partial charge in [0, 0.05) is 33.3 Å². The SMILES string of the molecule is Cn1cc(C(=O)C2CCCN2)c2ccc(I)cc21. The van der Waals surface area contributed by atoms with Gasteiger partial charge in [0.25, 0.3) is 0 Å². The molecule has 1 N–H and O–H groups in total. The lowest BCUT2D eigenvalue weighted by atomic mass is 10.0. The van der Waals surface area contributed by atoms with Gasteiger partial charge in [-0.1, -0.05) is 6.07 Å². The molecule has 4 heteroatoms. The van der Waals surface area contributed by atoms with Crippen LogP contribution in [-0.2, 0) is 7.05 Å². The molecular formula is C14H15IN2O. The molecule has 1 atom stereocenters. The summed E-state index contributed by atoms with van der Waals surface area (Å²) in [6.07, 6.45) is 4.02. The Hall–Kier alpha value is -0.880. The van der Waals surface area contributed by atoms with E-state index in [-0.39, 0.29) is 11.8 Å². The highest BCUT2D eigenvalue weighted by Crippen LogP contribution is 2.25. The minimum absolute atomic E-state index is 0.00915. The van der Waals surface area contributed by atoms with E-state index in [0.29, 0.717) is 0 Å². The lowest BCUT2D eigenvalue weighted by molar-refractivity contribution is 0.0954. The van der Waals surface area contributed by atoms with E-state index in [1.54, 1.807) is 0 Å². The fourth-order valence-electron chi connectivity index (χ4n) is 2.65. The van der Waals surface area contributed by atoms with Crippen LogP contribution in [0.25, 0.3) is 10.9 Å². The minimum Gasteiger partial charge on any atom is -0.350 e. The van der Waals surface area contributed by atoms with Gasteiger partial charge in [-0.15, -0.1) is 0 Å². The normalized spacial score (nSPS) is 19.6. The molecule has 1 aromatic carbocycles. The predicted molar refractivity (Wildman–Crippen MR) is 81.0 cm³/mol. The summed E-state index contributed by atoms with van der Waals surface area (Å²) in [5.41, 5.74) is 1.98. The van der Waals surface area contributed by atoms with Crippen molar-refractivity contribution in [1.82, 2.24) is 9.88 Å². The van der Waals surface area contributed by atoms with E-state index in [1.807, 2.05) is 17.8 Å². The minimum atomic E-state index is 0.00915. The van der Waals surface area contributed by atoms with E-state index in [9.17, 15) is 4.79 Å². The number of halogens is 1. The maximum absolute atomic E-state index is 12.5. The molecule has 0 saturated carbocycles. The molecule has 1 aromatic heterocycles. The third kappa shape index (κ3) is 1.97. The van der Waals surface area contributed by atoms with Crippen molar-refractivity contribution < 1.29 is 4.79 Å². The molecule has 1 aliphatic rings. The first-order valence-electron chi connectivity index (χ1n) is 6.19. The van der Waals surface area contributed by atoms with Gasteiger partial charge in [0.15, 0.2) is 5.78 Å². The summed E-state index contributed by atoms with van der Waals surface area (Å²) in [5.74, 6) is 0.235. The van der Waals surface area contributed by atoms with Crippen molar-refractivity contribution in [2.75, 3.05) is 6.54 Å². The number of fused-ring (bicyclic) bond motifs is 1. The lowest BCUT2D eigenvalue weighted by Crippen LogP contribution is -2.30. The van der Waals surface area contributed by atoms with Crippen LogP contribution in [-0.4, -0.2) is 22.9 Å². The van der Waals surface area contributed by atoms with Gasteiger partial charge in [-0.25, -0.2) is 0 Å². The van der Waals surface area contributed by atoms with Crippen LogP contribution in [0.2, 0.25) is 0 Å². The number of aromatic nitrogens is 1. The average Bonchev–Trinajstić information content (AvgIpc) is 2.97. The van der Waals surface area contributed by atoms with Gasteiger partial charge >= 0.3 is 0 Å². The summed E-state index contributed by atoms with van der Waals surface area (Å²) in [5, 5.41) is 4.35. The van der Waals surface area contributed by atoms with E-state index in [4.69, 9.17) is 0 Å². The molecule has 94 valence electrons. The number of nitrogens with zero attached hydrogens (tertiary/aromatic N) is 1. The average molecular weight is 354 g/mol. The molecule has 0 amide bonds. The highest BCUT2D eigenvalue weighted by Gasteiger charge is 2.25. The maximum Gasteiger partial charge on any atom is 0.181 e. The number of carbonyl (C=O) groups is 1. The van der Waals surface area contributed by atoms with Crippen LogP contribution in [0.3, 0.4) is 0 Å². The molecule has 18 heavy (non-hydrogen) atoms. The van der Waals surface area contributed by atoms with E-state index in [1.165, 1.54) is 3.57 Å². The number of nitrogens with one attached hydrogen (secondary N) is 1. The molecule has 2 aromatic rings. The van der Waals surface area contributed by atoms with Crippen LogP contribution in [0.5, 0.6) is 0 Å². The highest BCUT2D eigenvalue weighted by atomic mass is 127. The van der Waals surface area contributed by atoms with Crippen molar-refractivity contribution in [2.45, 2.75) is 18.9 Å². The second-order valence-electron chi connectivity index (χ2n) is 4.83. The largest absolute Gasteiger partial charge is 0.350 e. The first kappa shape index (κ1) is 12.2. The van der Waals surface area contributed by atoms with E-state index in [2.05, 4.69) is 46.1 Å². The van der Waals surface area contributed by atoms with Gasteiger partial charge in [0.1, 0.15) is 0 Å². The van der Waals surface area contributed by atoms with Crippen LogP contribution in [0, 0.1) is 3.57 Å². The fraction of sp³-hybridized carbons (Fsp3) is 0.357. The molecule has 1 saturated heterocycles. The number of rotatable bonds is 2. The summed E-state index contributed by atoms with van der Waals surface area (Å²) in [6, 6.07) is 6.24. The van der Waals surface area contributed by atoms with Crippen molar-refractivity contribution in [3.8, 4) is 0 Å². The summed E-state index contributed by atoms with van der Waals surface area (Å²) in [4.78, 5) is 12.5. The number of carbonyl (C=O) groups excluding carboxylic acids is 1. The molecule has 2 heterocycles. The predicted octanol–water partition coefficient (Wildman–Crippen LogP) is 2.72. The maximum atomic E-state index is 12.5. The Morgan fingerprint density at radius 3 is 3.06 bits per heavy atom. The lowest BCUT2D eigenvalue weighted by Gasteiger charge is -2.07. The zero-order chi connectivity index (χ0) is 12.7. The molecule has 1 unspecified atom stereocenters. The number of hydrogen-bond donors (Lipinski definition) is 1. The second kappa shape index (κ2) is 4.66. The molecule has 0 bridgehead atoms. The van der Waals surface area contributed by atoms with Gasteiger partial charge in [-0.2, -0.15) is 0 Å². The summed E-state index contributed by atoms with van der Waals surface area (Å²) < 4.78 is 3.24. The number of benzene rings is 1. The Kier molecular flexibility index (Phi) is 3.15. The third-order valence-corrected chi connectivity index (χ3v) is 4.27. The van der Waals surface area contributed by atoms with Crippen LogP contribution >= 0.6 is 22.6 Å². The third-order valence-electron chi connectivity index (χ3n) is 3.59. The smallest absolute Gasteiger partial charge is 0.181 e.